The summed E-state index contributed by atoms with van der Waals surface area (Å²) in [6.45, 7) is 8.02. The van der Waals surface area contributed by atoms with Gasteiger partial charge in [-0.05, 0) is 77.6 Å². The third-order valence-corrected chi connectivity index (χ3v) is 10.3. The topological polar surface area (TPSA) is 93.2 Å². The molecule has 0 aliphatic carbocycles. The Bertz CT molecular complexity index is 1290. The summed E-state index contributed by atoms with van der Waals surface area (Å²) in [5.74, 6) is 0. The number of aryl methyl sites for hydroxylation is 2. The molecule has 0 amide bonds. The van der Waals surface area contributed by atoms with Crippen LogP contribution >= 0.6 is 0 Å². The van der Waals surface area contributed by atoms with Gasteiger partial charge in [-0.15, -0.1) is 0 Å². The largest absolute Gasteiger partial charge is 0.358 e. The molecule has 2 aliphatic rings. The lowest BCUT2D eigenvalue weighted by Gasteiger charge is -2.43. The molecule has 2 heterocycles. The summed E-state index contributed by atoms with van der Waals surface area (Å²) in [6.07, 6.45) is 4.01. The Morgan fingerprint density at radius 3 is 1.32 bits per heavy atom. The van der Waals surface area contributed by atoms with Gasteiger partial charge in [-0.25, -0.2) is 25.4 Å². The molecular weight excluding hydrogens is 524 g/mol. The lowest BCUT2D eigenvalue weighted by molar-refractivity contribution is -0.0222. The van der Waals surface area contributed by atoms with Gasteiger partial charge in [-0.3, -0.25) is 0 Å². The molecule has 0 saturated heterocycles. The van der Waals surface area contributed by atoms with Crippen molar-refractivity contribution < 1.29 is 26.3 Å². The second-order valence-electron chi connectivity index (χ2n) is 9.38. The van der Waals surface area contributed by atoms with E-state index in [0.29, 0.717) is 38.9 Å². The average Bonchev–Trinajstić information content (AvgIpc) is 2.89. The van der Waals surface area contributed by atoms with E-state index in [-0.39, 0.29) is 21.2 Å². The van der Waals surface area contributed by atoms with E-state index in [1.807, 2.05) is 27.7 Å². The summed E-state index contributed by atoms with van der Waals surface area (Å²) >= 11 is 0. The van der Waals surface area contributed by atoms with Crippen LogP contribution in [0.1, 0.15) is 50.7 Å². The molecule has 2 atom stereocenters. The van der Waals surface area contributed by atoms with Gasteiger partial charge in [0.15, 0.2) is 0 Å². The summed E-state index contributed by atoms with van der Waals surface area (Å²) in [5.41, 5.74) is 2.44. The van der Waals surface area contributed by atoms with Gasteiger partial charge in [0.05, 0.1) is 21.2 Å². The van der Waals surface area contributed by atoms with Crippen molar-refractivity contribution in [3.63, 3.8) is 0 Å². The molecule has 38 heavy (non-hydrogen) atoms. The summed E-state index contributed by atoms with van der Waals surface area (Å²) in [7, 11) is -8.16. The van der Waals surface area contributed by atoms with E-state index in [9.17, 15) is 16.8 Å². The Morgan fingerprint density at radius 2 is 1.00 bits per heavy atom. The lowest BCUT2D eigenvalue weighted by Crippen LogP contribution is -2.49. The Morgan fingerprint density at radius 1 is 0.658 bits per heavy atom. The summed E-state index contributed by atoms with van der Waals surface area (Å²) in [5, 5.41) is 0. The minimum atomic E-state index is -4.08. The van der Waals surface area contributed by atoms with Crippen molar-refractivity contribution in [2.45, 2.75) is 75.6 Å². The van der Waals surface area contributed by atoms with Crippen LogP contribution in [-0.2, 0) is 29.5 Å². The fraction of sp³-hybridized carbons (Fsp3) is 0.429. The van der Waals surface area contributed by atoms with Crippen molar-refractivity contribution in [3.8, 4) is 0 Å². The van der Waals surface area contributed by atoms with Crippen LogP contribution in [-0.4, -0.2) is 51.1 Å². The predicted molar refractivity (Wildman–Crippen MR) is 146 cm³/mol. The molecule has 2 aliphatic heterocycles. The highest BCUT2D eigenvalue weighted by Crippen LogP contribution is 2.40. The molecule has 0 aromatic heterocycles. The van der Waals surface area contributed by atoms with Crippen LogP contribution in [0.3, 0.4) is 0 Å². The van der Waals surface area contributed by atoms with Crippen LogP contribution in [0.15, 0.2) is 81.9 Å². The summed E-state index contributed by atoms with van der Waals surface area (Å²) in [4.78, 5) is 0.234. The highest BCUT2D eigenvalue weighted by Gasteiger charge is 2.43. The molecule has 0 saturated carbocycles. The van der Waals surface area contributed by atoms with Gasteiger partial charge in [0.2, 0.25) is 0 Å². The van der Waals surface area contributed by atoms with Gasteiger partial charge in [0, 0.05) is 13.2 Å². The molecule has 2 aromatic rings. The predicted octanol–water partition coefficient (Wildman–Crippen LogP) is 5.07. The van der Waals surface area contributed by atoms with Crippen molar-refractivity contribution in [1.29, 1.82) is 0 Å². The Balaban J connectivity index is 1.87. The van der Waals surface area contributed by atoms with Crippen molar-refractivity contribution in [3.05, 3.63) is 83.2 Å². The van der Waals surface area contributed by atoms with E-state index >= 15 is 0 Å². The molecule has 0 N–H and O–H groups in total. The zero-order valence-electron chi connectivity index (χ0n) is 22.3. The van der Waals surface area contributed by atoms with Crippen molar-refractivity contribution >= 4 is 20.0 Å². The smallest absolute Gasteiger partial charge is 0.266 e. The van der Waals surface area contributed by atoms with Crippen LogP contribution < -0.4 is 0 Å². The van der Waals surface area contributed by atoms with Crippen LogP contribution in [0.25, 0.3) is 0 Å². The number of allylic oxidation sites excluding steroid dienone is 2. The zero-order chi connectivity index (χ0) is 27.5. The highest BCUT2D eigenvalue weighted by atomic mass is 32.2. The average molecular weight is 561 g/mol. The number of sulfonamides is 2. The second-order valence-corrected chi connectivity index (χ2v) is 13.0. The highest BCUT2D eigenvalue weighted by molar-refractivity contribution is 7.89. The maximum absolute atomic E-state index is 14.1. The van der Waals surface area contributed by atoms with Gasteiger partial charge in [0.25, 0.3) is 20.0 Å². The molecule has 0 bridgehead atoms. The van der Waals surface area contributed by atoms with E-state index in [4.69, 9.17) is 9.47 Å². The van der Waals surface area contributed by atoms with Crippen LogP contribution in [0, 0.1) is 13.8 Å². The Kier molecular flexibility index (Phi) is 8.66. The maximum Gasteiger partial charge on any atom is 0.266 e. The summed E-state index contributed by atoms with van der Waals surface area (Å²) in [6, 6.07) is 13.3. The molecule has 0 fully saturated rings. The minimum Gasteiger partial charge on any atom is -0.358 e. The molecule has 0 unspecified atom stereocenters. The van der Waals surface area contributed by atoms with E-state index in [1.165, 1.54) is 8.61 Å². The zero-order valence-corrected chi connectivity index (χ0v) is 24.0. The number of hydrogen-bond donors (Lipinski definition) is 0. The second kappa shape index (κ2) is 11.6. The van der Waals surface area contributed by atoms with Gasteiger partial charge < -0.3 is 9.47 Å². The first-order chi connectivity index (χ1) is 18.1. The van der Waals surface area contributed by atoms with Crippen molar-refractivity contribution in [1.82, 2.24) is 8.61 Å². The number of benzene rings is 2. The molecule has 206 valence electrons. The molecule has 2 aromatic carbocycles. The maximum atomic E-state index is 14.1. The molecule has 0 spiro atoms. The van der Waals surface area contributed by atoms with E-state index in [2.05, 4.69) is 0 Å². The number of rotatable bonds is 9. The van der Waals surface area contributed by atoms with Crippen LogP contribution in [0.4, 0.5) is 0 Å². The lowest BCUT2D eigenvalue weighted by atomic mass is 10.1. The normalized spacial score (nSPS) is 20.7. The molecular formula is C28H36N2O6S2. The minimum absolute atomic E-state index is 0.117. The van der Waals surface area contributed by atoms with E-state index < -0.39 is 32.5 Å². The summed E-state index contributed by atoms with van der Waals surface area (Å²) < 4.78 is 70.7. The molecule has 0 radical (unpaired) electrons. The number of nitrogens with zero attached hydrogens (tertiary/aromatic N) is 2. The monoisotopic (exact) mass is 560 g/mol. The Labute approximate surface area is 226 Å². The fourth-order valence-corrected chi connectivity index (χ4v) is 8.01. The first kappa shape index (κ1) is 28.4. The molecule has 4 rings (SSSR count). The first-order valence-electron chi connectivity index (χ1n) is 13.0. The number of ether oxygens (including phenoxy) is 2. The third-order valence-electron chi connectivity index (χ3n) is 6.64. The number of hydrogen-bond acceptors (Lipinski definition) is 6. The molecule has 10 heteroatoms. The van der Waals surface area contributed by atoms with Gasteiger partial charge in [0.1, 0.15) is 12.5 Å². The van der Waals surface area contributed by atoms with Crippen LogP contribution in [0.2, 0.25) is 0 Å². The van der Waals surface area contributed by atoms with Crippen molar-refractivity contribution in [2.24, 2.45) is 0 Å². The van der Waals surface area contributed by atoms with Crippen molar-refractivity contribution in [2.75, 3.05) is 13.2 Å². The quantitative estimate of drug-likeness (QED) is 0.425. The van der Waals surface area contributed by atoms with E-state index in [0.717, 1.165) is 11.1 Å². The fourth-order valence-electron chi connectivity index (χ4n) is 4.79. The van der Waals surface area contributed by atoms with Gasteiger partial charge >= 0.3 is 0 Å². The van der Waals surface area contributed by atoms with E-state index in [1.54, 1.807) is 60.7 Å². The van der Waals surface area contributed by atoms with Crippen LogP contribution in [0.5, 0.6) is 0 Å². The molecule has 8 nitrogen and oxygen atoms in total. The third kappa shape index (κ3) is 5.54. The first-order valence-corrected chi connectivity index (χ1v) is 15.8. The Hall–Kier alpha value is -2.66. The van der Waals surface area contributed by atoms with Gasteiger partial charge in [-0.1, -0.05) is 47.5 Å². The van der Waals surface area contributed by atoms with Gasteiger partial charge in [-0.2, -0.15) is 0 Å². The SMILES string of the molecule is CCO[C@H]1CCC=C(C2=CCC[C@H](OCC)N2S(=O)(=O)c2ccc(C)cc2)N1S(=O)(=O)c1ccc(C)cc1. The standard InChI is InChI=1S/C28H36N2O6S2/c1-5-35-27-11-7-9-25(29(27)37(31,32)23-17-13-21(3)14-18-23)26-10-8-12-28(36-6-2)30(26)38(33,34)24-19-15-22(4)16-20-24/h9-10,13-20,27-28H,5-8,11-12H2,1-4H3/t27-,28-/m0/s1.